The Morgan fingerprint density at radius 2 is 1.69 bits per heavy atom. The summed E-state index contributed by atoms with van der Waals surface area (Å²) >= 11 is 0. The SMILES string of the molecule is CC[C@@H](C)[NH2+]Cc1ccc(N(CC)CC)cc1OS(=O)(=O)c1ccc(OC)cc1. The molecular weight excluding hydrogens is 388 g/mol. The van der Waals surface area contributed by atoms with Crippen molar-refractivity contribution < 1.29 is 22.7 Å². The van der Waals surface area contributed by atoms with E-state index >= 15 is 0 Å². The summed E-state index contributed by atoms with van der Waals surface area (Å²) in [5, 5.41) is 2.19. The van der Waals surface area contributed by atoms with Gasteiger partial charge in [-0.25, -0.2) is 0 Å². The highest BCUT2D eigenvalue weighted by atomic mass is 32.2. The van der Waals surface area contributed by atoms with Crippen LogP contribution in [0.5, 0.6) is 11.5 Å². The van der Waals surface area contributed by atoms with Gasteiger partial charge in [-0.15, -0.1) is 0 Å². The highest BCUT2D eigenvalue weighted by Gasteiger charge is 2.21. The van der Waals surface area contributed by atoms with Crippen molar-refractivity contribution in [3.63, 3.8) is 0 Å². The summed E-state index contributed by atoms with van der Waals surface area (Å²) in [6, 6.07) is 12.5. The monoisotopic (exact) mass is 421 g/mol. The zero-order chi connectivity index (χ0) is 21.4. The van der Waals surface area contributed by atoms with E-state index in [1.54, 1.807) is 19.2 Å². The normalized spacial score (nSPS) is 12.4. The molecule has 29 heavy (non-hydrogen) atoms. The second kappa shape index (κ2) is 10.5. The van der Waals surface area contributed by atoms with Crippen molar-refractivity contribution in [1.29, 1.82) is 0 Å². The Kier molecular flexibility index (Phi) is 8.34. The Balaban J connectivity index is 2.38. The molecule has 0 aliphatic carbocycles. The molecule has 0 aliphatic heterocycles. The second-order valence-corrected chi connectivity index (χ2v) is 8.55. The van der Waals surface area contributed by atoms with Gasteiger partial charge in [0.25, 0.3) is 0 Å². The van der Waals surface area contributed by atoms with Crippen molar-refractivity contribution >= 4 is 15.8 Å². The third-order valence-electron chi connectivity index (χ3n) is 5.11. The van der Waals surface area contributed by atoms with E-state index in [9.17, 15) is 8.42 Å². The van der Waals surface area contributed by atoms with Crippen molar-refractivity contribution in [2.75, 3.05) is 25.1 Å². The molecule has 2 N–H and O–H groups in total. The van der Waals surface area contributed by atoms with E-state index in [4.69, 9.17) is 8.92 Å². The molecule has 0 saturated heterocycles. The molecule has 2 aromatic rings. The number of hydrogen-bond donors (Lipinski definition) is 1. The molecule has 0 aliphatic rings. The fourth-order valence-electron chi connectivity index (χ4n) is 2.98. The van der Waals surface area contributed by atoms with Gasteiger partial charge in [0.05, 0.1) is 18.7 Å². The van der Waals surface area contributed by atoms with Gasteiger partial charge in [0.2, 0.25) is 0 Å². The Bertz CT molecular complexity index is 878. The average molecular weight is 422 g/mol. The van der Waals surface area contributed by atoms with Crippen LogP contribution in [-0.4, -0.2) is 34.7 Å². The summed E-state index contributed by atoms with van der Waals surface area (Å²) in [7, 11) is -2.41. The molecule has 0 amide bonds. The summed E-state index contributed by atoms with van der Waals surface area (Å²) < 4.78 is 36.5. The van der Waals surface area contributed by atoms with Crippen molar-refractivity contribution in [1.82, 2.24) is 0 Å². The predicted molar refractivity (Wildman–Crippen MR) is 116 cm³/mol. The maximum absolute atomic E-state index is 12.9. The van der Waals surface area contributed by atoms with Crippen LogP contribution < -0.4 is 19.1 Å². The third kappa shape index (κ3) is 6.11. The first-order valence-corrected chi connectivity index (χ1v) is 11.5. The number of hydrogen-bond acceptors (Lipinski definition) is 5. The molecule has 0 fully saturated rings. The van der Waals surface area contributed by atoms with Gasteiger partial charge in [0, 0.05) is 24.8 Å². The van der Waals surface area contributed by atoms with Gasteiger partial charge in [0.15, 0.2) is 5.75 Å². The van der Waals surface area contributed by atoms with Crippen LogP contribution in [0.3, 0.4) is 0 Å². The van der Waals surface area contributed by atoms with Gasteiger partial charge in [0.1, 0.15) is 17.2 Å². The topological polar surface area (TPSA) is 72.5 Å². The first-order valence-electron chi connectivity index (χ1n) is 10.1. The van der Waals surface area contributed by atoms with E-state index < -0.39 is 10.1 Å². The molecule has 6 nitrogen and oxygen atoms in total. The van der Waals surface area contributed by atoms with E-state index in [0.29, 0.717) is 24.1 Å². The minimum Gasteiger partial charge on any atom is -0.497 e. The van der Waals surface area contributed by atoms with Crippen LogP contribution >= 0.6 is 0 Å². The second-order valence-electron chi connectivity index (χ2n) is 7.00. The summed E-state index contributed by atoms with van der Waals surface area (Å²) in [5.74, 6) is 0.973. The first-order chi connectivity index (χ1) is 13.8. The Hall–Kier alpha value is -2.25. The first kappa shape index (κ1) is 23.0. The number of quaternary nitrogens is 1. The number of anilines is 1. The third-order valence-corrected chi connectivity index (χ3v) is 6.36. The van der Waals surface area contributed by atoms with E-state index in [2.05, 4.69) is 37.9 Å². The number of rotatable bonds is 11. The minimum absolute atomic E-state index is 0.100. The fourth-order valence-corrected chi connectivity index (χ4v) is 3.94. The van der Waals surface area contributed by atoms with E-state index in [1.165, 1.54) is 12.1 Å². The van der Waals surface area contributed by atoms with Crippen LogP contribution in [0.1, 0.15) is 39.7 Å². The Labute approximate surface area is 175 Å². The zero-order valence-corrected chi connectivity index (χ0v) is 18.8. The number of nitrogens with zero attached hydrogens (tertiary/aromatic N) is 1. The van der Waals surface area contributed by atoms with Crippen LogP contribution in [0.2, 0.25) is 0 Å². The lowest BCUT2D eigenvalue weighted by Crippen LogP contribution is -2.87. The Morgan fingerprint density at radius 1 is 1.03 bits per heavy atom. The molecule has 2 aromatic carbocycles. The van der Waals surface area contributed by atoms with E-state index in [1.807, 2.05) is 18.2 Å². The lowest BCUT2D eigenvalue weighted by molar-refractivity contribution is -0.701. The van der Waals surface area contributed by atoms with Crippen LogP contribution in [0, 0.1) is 0 Å². The lowest BCUT2D eigenvalue weighted by Gasteiger charge is -2.22. The summed E-state index contributed by atoms with van der Waals surface area (Å²) in [5.41, 5.74) is 1.81. The van der Waals surface area contributed by atoms with Gasteiger partial charge in [-0.2, -0.15) is 8.42 Å². The maximum atomic E-state index is 12.9. The molecule has 2 rings (SSSR count). The molecule has 0 radical (unpaired) electrons. The van der Waals surface area contributed by atoms with Crippen LogP contribution in [0.15, 0.2) is 47.4 Å². The van der Waals surface area contributed by atoms with E-state index in [0.717, 1.165) is 30.8 Å². The molecule has 0 bridgehead atoms. The van der Waals surface area contributed by atoms with Crippen LogP contribution in [0.4, 0.5) is 5.69 Å². The molecular formula is C22H33N2O4S+. The molecule has 1 atom stereocenters. The summed E-state index contributed by atoms with van der Waals surface area (Å²) in [6.07, 6.45) is 1.04. The number of nitrogens with two attached hydrogens (primary N) is 1. The molecule has 0 heterocycles. The predicted octanol–water partition coefficient (Wildman–Crippen LogP) is 3.17. The van der Waals surface area contributed by atoms with Crippen molar-refractivity contribution in [3.05, 3.63) is 48.0 Å². The average Bonchev–Trinajstić information content (AvgIpc) is 2.73. The van der Waals surface area contributed by atoms with Gasteiger partial charge in [-0.1, -0.05) is 6.92 Å². The summed E-state index contributed by atoms with van der Waals surface area (Å²) in [6.45, 7) is 10.8. The largest absolute Gasteiger partial charge is 0.497 e. The highest BCUT2D eigenvalue weighted by Crippen LogP contribution is 2.29. The van der Waals surface area contributed by atoms with Crippen molar-refractivity contribution in [2.45, 2.75) is 51.6 Å². The van der Waals surface area contributed by atoms with Gasteiger partial charge < -0.3 is 19.1 Å². The molecule has 0 aromatic heterocycles. The number of benzene rings is 2. The zero-order valence-electron chi connectivity index (χ0n) is 18.0. The number of methoxy groups -OCH3 is 1. The minimum atomic E-state index is -3.95. The lowest BCUT2D eigenvalue weighted by atomic mass is 10.1. The Morgan fingerprint density at radius 3 is 2.24 bits per heavy atom. The molecule has 0 unspecified atom stereocenters. The van der Waals surface area contributed by atoms with Crippen LogP contribution in [-0.2, 0) is 16.7 Å². The standard InChI is InChI=1S/C22H32N2O4S/c1-6-17(4)23-16-18-9-10-19(24(7-2)8-3)15-22(18)28-29(25,26)21-13-11-20(27-5)12-14-21/h9-15,17,23H,6-8,16H2,1-5H3/p+1/t17-/m1/s1. The van der Waals surface area contributed by atoms with Crippen molar-refractivity contribution in [3.8, 4) is 11.5 Å². The molecule has 7 heteroatoms. The van der Waals surface area contributed by atoms with Gasteiger partial charge >= 0.3 is 10.1 Å². The van der Waals surface area contributed by atoms with Gasteiger partial charge in [-0.3, -0.25) is 0 Å². The van der Waals surface area contributed by atoms with Crippen molar-refractivity contribution in [2.24, 2.45) is 0 Å². The summed E-state index contributed by atoms with van der Waals surface area (Å²) in [4.78, 5) is 2.26. The quantitative estimate of drug-likeness (QED) is 0.564. The molecule has 160 valence electrons. The number of ether oxygens (including phenoxy) is 1. The molecule has 0 saturated carbocycles. The fraction of sp³-hybridized carbons (Fsp3) is 0.455. The smallest absolute Gasteiger partial charge is 0.339 e. The van der Waals surface area contributed by atoms with Gasteiger partial charge in [-0.05, 0) is 63.6 Å². The van der Waals surface area contributed by atoms with Crippen LogP contribution in [0.25, 0.3) is 0 Å². The molecule has 0 spiro atoms. The maximum Gasteiger partial charge on any atom is 0.339 e. The highest BCUT2D eigenvalue weighted by molar-refractivity contribution is 7.87. The van der Waals surface area contributed by atoms with E-state index in [-0.39, 0.29) is 4.90 Å².